The number of rotatable bonds is 9. The number of aliphatic hydroxyl groups is 1. The molecule has 0 aliphatic carbocycles. The summed E-state index contributed by atoms with van der Waals surface area (Å²) in [5.74, 6) is 1.44. The van der Waals surface area contributed by atoms with E-state index in [1.807, 2.05) is 17.0 Å². The Hall–Kier alpha value is -4.06. The van der Waals surface area contributed by atoms with E-state index in [9.17, 15) is 14.7 Å². The number of likely N-dealkylation sites (tertiary alicyclic amines) is 1. The van der Waals surface area contributed by atoms with Crippen molar-refractivity contribution >= 4 is 34.2 Å². The van der Waals surface area contributed by atoms with Crippen LogP contribution in [0, 0.1) is 0 Å². The van der Waals surface area contributed by atoms with Crippen molar-refractivity contribution in [2.24, 2.45) is 0 Å². The predicted molar refractivity (Wildman–Crippen MR) is 161 cm³/mol. The number of carbonyl (C=O) groups is 1. The van der Waals surface area contributed by atoms with Crippen molar-refractivity contribution in [3.63, 3.8) is 0 Å². The Labute approximate surface area is 247 Å². The molecule has 0 unspecified atom stereocenters. The van der Waals surface area contributed by atoms with Gasteiger partial charge in [-0.15, -0.1) is 0 Å². The Balaban J connectivity index is 1.16. The fourth-order valence-electron chi connectivity index (χ4n) is 5.62. The number of pyridine rings is 1. The lowest BCUT2D eigenvalue weighted by Gasteiger charge is -2.34. The number of methoxy groups -OCH3 is 1. The van der Waals surface area contributed by atoms with E-state index < -0.39 is 6.10 Å². The summed E-state index contributed by atoms with van der Waals surface area (Å²) in [7, 11) is 3.66. The number of aromatic nitrogens is 3. The first-order valence-electron chi connectivity index (χ1n) is 13.9. The second kappa shape index (κ2) is 11.7. The Morgan fingerprint density at radius 3 is 2.76 bits per heavy atom. The summed E-state index contributed by atoms with van der Waals surface area (Å²) in [6, 6.07) is 10.8. The van der Waals surface area contributed by atoms with Crippen LogP contribution < -0.4 is 20.3 Å². The van der Waals surface area contributed by atoms with E-state index in [1.165, 1.54) is 6.20 Å². The smallest absolute Gasteiger partial charge is 0.261 e. The number of piperidine rings is 1. The molecule has 2 aromatic carbocycles. The molecule has 0 spiro atoms. The van der Waals surface area contributed by atoms with Crippen LogP contribution in [0.15, 0.2) is 47.4 Å². The van der Waals surface area contributed by atoms with Crippen LogP contribution >= 0.6 is 11.6 Å². The van der Waals surface area contributed by atoms with Gasteiger partial charge in [-0.05, 0) is 68.9 Å². The lowest BCUT2D eigenvalue weighted by atomic mass is 10.0. The highest BCUT2D eigenvalue weighted by atomic mass is 35.5. The summed E-state index contributed by atoms with van der Waals surface area (Å²) in [5.41, 5.74) is 3.45. The van der Waals surface area contributed by atoms with E-state index in [2.05, 4.69) is 32.2 Å². The standard InChI is InChI=1S/C30H33ClN6O5/c1-36-9-6-18(7-10-36)37-15-17-11-24-25(13-21(17)30(37)40)35-28(34-24)27-23(5-8-32-29(27)39)33-14-19(38)16-42-26-4-3-20(41-2)12-22(26)31/h3-5,8,11-13,18-19,38H,6-7,9-10,14-16H2,1-2H3,(H,34,35)(H2,32,33,39)/t19-/m1/s1. The number of ether oxygens (including phenoxy) is 2. The average Bonchev–Trinajstić information content (AvgIpc) is 3.54. The van der Waals surface area contributed by atoms with E-state index in [0.717, 1.165) is 37.0 Å². The molecular formula is C30H33ClN6O5. The number of nitrogens with zero attached hydrogens (tertiary/aromatic N) is 3. The molecule has 1 saturated heterocycles. The zero-order chi connectivity index (χ0) is 29.4. The molecule has 0 bridgehead atoms. The average molecular weight is 593 g/mol. The molecule has 12 heteroatoms. The lowest BCUT2D eigenvalue weighted by molar-refractivity contribution is 0.0617. The van der Waals surface area contributed by atoms with Crippen LogP contribution in [-0.2, 0) is 6.54 Å². The van der Waals surface area contributed by atoms with Gasteiger partial charge in [-0.2, -0.15) is 0 Å². The van der Waals surface area contributed by atoms with Crippen LogP contribution in [0.25, 0.3) is 22.4 Å². The third-order valence-electron chi connectivity index (χ3n) is 7.96. The molecule has 2 aliphatic rings. The van der Waals surface area contributed by atoms with Gasteiger partial charge in [0.15, 0.2) is 0 Å². The zero-order valence-electron chi connectivity index (χ0n) is 23.4. The van der Waals surface area contributed by atoms with E-state index in [-0.39, 0.29) is 30.7 Å². The first-order chi connectivity index (χ1) is 20.3. The number of fused-ring (bicyclic) bond motifs is 2. The molecule has 42 heavy (non-hydrogen) atoms. The molecule has 0 saturated carbocycles. The van der Waals surface area contributed by atoms with Gasteiger partial charge in [0.05, 0.1) is 28.9 Å². The first kappa shape index (κ1) is 28.1. The monoisotopic (exact) mass is 592 g/mol. The Kier molecular flexibility index (Phi) is 7.80. The highest BCUT2D eigenvalue weighted by Gasteiger charge is 2.34. The van der Waals surface area contributed by atoms with Crippen molar-refractivity contribution in [2.45, 2.75) is 31.5 Å². The fourth-order valence-corrected chi connectivity index (χ4v) is 5.85. The number of halogens is 1. The normalized spacial score (nSPS) is 16.6. The summed E-state index contributed by atoms with van der Waals surface area (Å²) < 4.78 is 10.8. The van der Waals surface area contributed by atoms with Gasteiger partial charge in [-0.3, -0.25) is 9.59 Å². The van der Waals surface area contributed by atoms with Gasteiger partial charge >= 0.3 is 0 Å². The summed E-state index contributed by atoms with van der Waals surface area (Å²) in [4.78, 5) is 41.2. The largest absolute Gasteiger partial charge is 0.497 e. The van der Waals surface area contributed by atoms with Gasteiger partial charge in [-0.1, -0.05) is 11.6 Å². The number of hydrogen-bond acceptors (Lipinski definition) is 8. The second-order valence-electron chi connectivity index (χ2n) is 10.8. The number of hydrogen-bond donors (Lipinski definition) is 4. The number of anilines is 1. The maximum absolute atomic E-state index is 13.3. The summed E-state index contributed by atoms with van der Waals surface area (Å²) in [5, 5.41) is 14.1. The zero-order valence-corrected chi connectivity index (χ0v) is 24.2. The van der Waals surface area contributed by atoms with E-state index >= 15 is 0 Å². The molecule has 0 radical (unpaired) electrons. The van der Waals surface area contributed by atoms with Gasteiger partial charge in [0.2, 0.25) is 0 Å². The first-order valence-corrected chi connectivity index (χ1v) is 14.3. The second-order valence-corrected chi connectivity index (χ2v) is 11.2. The van der Waals surface area contributed by atoms with Crippen LogP contribution in [0.5, 0.6) is 11.5 Å². The van der Waals surface area contributed by atoms with Crippen molar-refractivity contribution in [1.29, 1.82) is 0 Å². The van der Waals surface area contributed by atoms with Crippen molar-refractivity contribution in [1.82, 2.24) is 24.8 Å². The third-order valence-corrected chi connectivity index (χ3v) is 8.26. The highest BCUT2D eigenvalue weighted by molar-refractivity contribution is 6.32. The van der Waals surface area contributed by atoms with Crippen LogP contribution in [0.2, 0.25) is 5.02 Å². The number of aliphatic hydroxyl groups excluding tert-OH is 1. The summed E-state index contributed by atoms with van der Waals surface area (Å²) in [6.45, 7) is 2.64. The topological polar surface area (TPSA) is 136 Å². The number of imidazole rings is 1. The van der Waals surface area contributed by atoms with Gasteiger partial charge in [-0.25, -0.2) is 4.98 Å². The number of nitrogens with one attached hydrogen (secondary N) is 3. The molecule has 1 amide bonds. The minimum atomic E-state index is -0.896. The van der Waals surface area contributed by atoms with E-state index in [1.54, 1.807) is 31.4 Å². The van der Waals surface area contributed by atoms with E-state index in [0.29, 0.717) is 51.2 Å². The molecular weight excluding hydrogens is 560 g/mol. The molecule has 4 heterocycles. The number of amides is 1. The van der Waals surface area contributed by atoms with E-state index in [4.69, 9.17) is 21.1 Å². The summed E-state index contributed by atoms with van der Waals surface area (Å²) >= 11 is 6.22. The Morgan fingerprint density at radius 1 is 1.19 bits per heavy atom. The van der Waals surface area contributed by atoms with Gasteiger partial charge in [0, 0.05) is 37.0 Å². The highest BCUT2D eigenvalue weighted by Crippen LogP contribution is 2.33. The van der Waals surface area contributed by atoms with Crippen LogP contribution in [0.4, 0.5) is 5.69 Å². The quantitative estimate of drug-likeness (QED) is 0.232. The van der Waals surface area contributed by atoms with Crippen LogP contribution in [0.1, 0.15) is 28.8 Å². The number of aromatic amines is 2. The molecule has 11 nitrogen and oxygen atoms in total. The maximum atomic E-state index is 13.3. The molecule has 1 fully saturated rings. The number of carbonyl (C=O) groups excluding carboxylic acids is 1. The predicted octanol–water partition coefficient (Wildman–Crippen LogP) is 3.48. The minimum Gasteiger partial charge on any atom is -0.497 e. The SMILES string of the molecule is COc1ccc(OC[C@H](O)CNc2cc[nH]c(=O)c2-c2nc3cc4c(cc3[nH]2)CN(C2CCN(C)CC2)C4=O)c(Cl)c1. The van der Waals surface area contributed by atoms with Gasteiger partial charge in [0.25, 0.3) is 11.5 Å². The molecule has 1 atom stereocenters. The molecule has 4 N–H and O–H groups in total. The Morgan fingerprint density at radius 2 is 2.00 bits per heavy atom. The molecule has 2 aliphatic heterocycles. The van der Waals surface area contributed by atoms with Crippen molar-refractivity contribution in [3.8, 4) is 22.9 Å². The number of H-pyrrole nitrogens is 2. The molecule has 4 aromatic rings. The van der Waals surface area contributed by atoms with Gasteiger partial charge in [0.1, 0.15) is 35.6 Å². The molecule has 2 aromatic heterocycles. The minimum absolute atomic E-state index is 0.0175. The third kappa shape index (κ3) is 5.55. The summed E-state index contributed by atoms with van der Waals surface area (Å²) in [6.07, 6.45) is 2.58. The van der Waals surface area contributed by atoms with Crippen molar-refractivity contribution in [3.05, 3.63) is 69.1 Å². The molecule has 6 rings (SSSR count). The Bertz CT molecular complexity index is 1680. The van der Waals surface area contributed by atoms with Gasteiger partial charge < -0.3 is 39.7 Å². The fraction of sp³-hybridized carbons (Fsp3) is 0.367. The molecule has 220 valence electrons. The van der Waals surface area contributed by atoms with Crippen molar-refractivity contribution in [2.75, 3.05) is 45.7 Å². The van der Waals surface area contributed by atoms with Crippen molar-refractivity contribution < 1.29 is 19.4 Å². The lowest BCUT2D eigenvalue weighted by Crippen LogP contribution is -2.43. The van der Waals surface area contributed by atoms with Crippen LogP contribution in [-0.4, -0.2) is 88.3 Å². The maximum Gasteiger partial charge on any atom is 0.261 e. The van der Waals surface area contributed by atoms with Crippen LogP contribution in [0.3, 0.4) is 0 Å². The number of benzene rings is 2.